The Kier molecular flexibility index (Phi) is 4.18. The number of nitrogens with two attached hydrogens (primary N) is 1. The molecule has 0 aliphatic carbocycles. The molecule has 7 nitrogen and oxygen atoms in total. The van der Waals surface area contributed by atoms with Gasteiger partial charge in [0.05, 0.1) is 17.5 Å². The lowest BCUT2D eigenvalue weighted by Crippen LogP contribution is -2.28. The van der Waals surface area contributed by atoms with Crippen LogP contribution in [0.1, 0.15) is 29.7 Å². The largest absolute Gasteiger partial charge is 0.419 e. The van der Waals surface area contributed by atoms with Crippen LogP contribution in [0.25, 0.3) is 11.3 Å². The second-order valence-electron chi connectivity index (χ2n) is 8.31. The maximum Gasteiger partial charge on any atom is 0.419 e. The van der Waals surface area contributed by atoms with Crippen molar-refractivity contribution in [3.63, 3.8) is 0 Å². The predicted octanol–water partition coefficient (Wildman–Crippen LogP) is 2.83. The fraction of sp³-hybridized carbons (Fsp3) is 0.450. The molecule has 0 amide bonds. The van der Waals surface area contributed by atoms with Crippen molar-refractivity contribution in [2.75, 3.05) is 18.8 Å². The second kappa shape index (κ2) is 6.56. The lowest BCUT2D eigenvalue weighted by Gasteiger charge is -2.23. The number of aromatic nitrogens is 5. The van der Waals surface area contributed by atoms with E-state index in [1.54, 1.807) is 4.68 Å². The monoisotopic (exact) mass is 417 g/mol. The number of nitrogen functional groups attached to an aromatic ring is 1. The quantitative estimate of drug-likeness (QED) is 0.709. The van der Waals surface area contributed by atoms with Gasteiger partial charge in [0.25, 0.3) is 0 Å². The highest BCUT2D eigenvalue weighted by Crippen LogP contribution is 2.44. The van der Waals surface area contributed by atoms with Gasteiger partial charge in [-0.25, -0.2) is 4.98 Å². The van der Waals surface area contributed by atoms with E-state index in [9.17, 15) is 13.2 Å². The normalized spacial score (nSPS) is 21.6. The summed E-state index contributed by atoms with van der Waals surface area (Å²) in [6.45, 7) is 3.48. The van der Waals surface area contributed by atoms with Crippen molar-refractivity contribution < 1.29 is 13.2 Å². The summed E-state index contributed by atoms with van der Waals surface area (Å²) in [4.78, 5) is 6.16. The van der Waals surface area contributed by atoms with Crippen molar-refractivity contribution in [1.82, 2.24) is 29.4 Å². The molecule has 1 atom stereocenters. The van der Waals surface area contributed by atoms with Crippen LogP contribution in [0, 0.1) is 0 Å². The van der Waals surface area contributed by atoms with E-state index < -0.39 is 17.6 Å². The van der Waals surface area contributed by atoms with Crippen molar-refractivity contribution >= 4 is 5.82 Å². The molecular weight excluding hydrogens is 395 g/mol. The molecule has 0 radical (unpaired) electrons. The smallest absolute Gasteiger partial charge is 0.383 e. The number of hydrogen-bond acceptors (Lipinski definition) is 5. The molecule has 3 aromatic heterocycles. The predicted molar refractivity (Wildman–Crippen MR) is 104 cm³/mol. The number of hydrogen-bond donors (Lipinski definition) is 1. The van der Waals surface area contributed by atoms with Crippen LogP contribution in [-0.4, -0.2) is 42.5 Å². The molecule has 0 saturated carbocycles. The van der Waals surface area contributed by atoms with E-state index in [1.807, 2.05) is 30.2 Å². The summed E-state index contributed by atoms with van der Waals surface area (Å²) in [5.74, 6) is -0.517. The first-order valence-corrected chi connectivity index (χ1v) is 9.85. The van der Waals surface area contributed by atoms with Gasteiger partial charge in [0, 0.05) is 61.3 Å². The van der Waals surface area contributed by atoms with Gasteiger partial charge in [-0.2, -0.15) is 23.4 Å². The topological polar surface area (TPSA) is 77.8 Å². The molecule has 1 saturated heterocycles. The fourth-order valence-corrected chi connectivity index (χ4v) is 4.76. The van der Waals surface area contributed by atoms with Gasteiger partial charge in [0.2, 0.25) is 0 Å². The lowest BCUT2D eigenvalue weighted by atomic mass is 9.82. The number of aryl methyl sites for hydroxylation is 2. The Balaban J connectivity index is 1.41. The Morgan fingerprint density at radius 1 is 1.17 bits per heavy atom. The van der Waals surface area contributed by atoms with Crippen molar-refractivity contribution in [2.24, 2.45) is 7.05 Å². The van der Waals surface area contributed by atoms with E-state index in [1.165, 1.54) is 11.8 Å². The van der Waals surface area contributed by atoms with Gasteiger partial charge in [-0.3, -0.25) is 14.3 Å². The molecule has 1 unspecified atom stereocenters. The van der Waals surface area contributed by atoms with Crippen LogP contribution in [-0.2, 0) is 31.7 Å². The molecule has 0 aromatic carbocycles. The molecule has 5 heterocycles. The van der Waals surface area contributed by atoms with Crippen LogP contribution in [0.4, 0.5) is 19.0 Å². The van der Waals surface area contributed by atoms with Gasteiger partial charge in [-0.05, 0) is 31.5 Å². The first kappa shape index (κ1) is 19.1. The highest BCUT2D eigenvalue weighted by atomic mass is 19.4. The summed E-state index contributed by atoms with van der Waals surface area (Å²) in [7, 11) is 1.91. The maximum absolute atomic E-state index is 13.2. The second-order valence-corrected chi connectivity index (χ2v) is 8.31. The van der Waals surface area contributed by atoms with Gasteiger partial charge in [0.1, 0.15) is 5.82 Å². The van der Waals surface area contributed by atoms with Gasteiger partial charge in [0.15, 0.2) is 0 Å². The van der Waals surface area contributed by atoms with Crippen LogP contribution < -0.4 is 5.73 Å². The average Bonchev–Trinajstić information content (AvgIpc) is 3.43. The van der Waals surface area contributed by atoms with Crippen LogP contribution in [0.3, 0.4) is 0 Å². The molecule has 30 heavy (non-hydrogen) atoms. The number of nitrogens with zero attached hydrogens (tertiary/aromatic N) is 6. The molecule has 3 aromatic rings. The number of halogens is 3. The van der Waals surface area contributed by atoms with E-state index in [-0.39, 0.29) is 5.41 Å². The van der Waals surface area contributed by atoms with Gasteiger partial charge < -0.3 is 5.73 Å². The summed E-state index contributed by atoms with van der Waals surface area (Å²) >= 11 is 0. The lowest BCUT2D eigenvalue weighted by molar-refractivity contribution is -0.137. The van der Waals surface area contributed by atoms with E-state index in [0.717, 1.165) is 50.8 Å². The van der Waals surface area contributed by atoms with Gasteiger partial charge in [-0.15, -0.1) is 0 Å². The highest BCUT2D eigenvalue weighted by molar-refractivity contribution is 5.63. The SMILES string of the molecule is Cn1cc(CN2CCC3(CCn4nc(-c5cnc(N)c(C(F)(F)F)c5)cc43)C2)cn1. The average molecular weight is 417 g/mol. The van der Waals surface area contributed by atoms with Crippen molar-refractivity contribution in [3.8, 4) is 11.3 Å². The number of alkyl halides is 3. The van der Waals surface area contributed by atoms with Crippen LogP contribution in [0.15, 0.2) is 30.7 Å². The van der Waals surface area contributed by atoms with Crippen molar-refractivity contribution in [3.05, 3.63) is 47.5 Å². The zero-order valence-corrected chi connectivity index (χ0v) is 16.5. The third-order valence-electron chi connectivity index (χ3n) is 6.24. The van der Waals surface area contributed by atoms with E-state index in [4.69, 9.17) is 5.73 Å². The summed E-state index contributed by atoms with van der Waals surface area (Å²) in [6.07, 6.45) is 2.72. The van der Waals surface area contributed by atoms with Crippen molar-refractivity contribution in [2.45, 2.75) is 37.5 Å². The number of rotatable bonds is 3. The first-order valence-electron chi connectivity index (χ1n) is 9.85. The fourth-order valence-electron chi connectivity index (χ4n) is 4.76. The zero-order chi connectivity index (χ0) is 21.1. The minimum atomic E-state index is -4.55. The molecule has 2 aliphatic heterocycles. The Labute approximate surface area is 171 Å². The number of likely N-dealkylation sites (tertiary alicyclic amines) is 1. The van der Waals surface area contributed by atoms with Crippen LogP contribution in [0.2, 0.25) is 0 Å². The van der Waals surface area contributed by atoms with Crippen LogP contribution in [0.5, 0.6) is 0 Å². The maximum atomic E-state index is 13.2. The molecule has 1 spiro atoms. The van der Waals surface area contributed by atoms with E-state index in [2.05, 4.69) is 20.1 Å². The number of anilines is 1. The van der Waals surface area contributed by atoms with Gasteiger partial charge >= 0.3 is 6.18 Å². The molecule has 2 N–H and O–H groups in total. The van der Waals surface area contributed by atoms with Crippen molar-refractivity contribution in [1.29, 1.82) is 0 Å². The molecule has 2 aliphatic rings. The first-order chi connectivity index (χ1) is 14.2. The summed E-state index contributed by atoms with van der Waals surface area (Å²) < 4.78 is 43.4. The molecule has 158 valence electrons. The molecule has 1 fully saturated rings. The molecule has 0 bridgehead atoms. The number of pyridine rings is 1. The summed E-state index contributed by atoms with van der Waals surface area (Å²) in [6, 6.07) is 2.96. The molecule has 5 rings (SSSR count). The third kappa shape index (κ3) is 3.15. The highest BCUT2D eigenvalue weighted by Gasteiger charge is 2.45. The molecular formula is C20H22F3N7. The Hall–Kier alpha value is -2.88. The Morgan fingerprint density at radius 3 is 2.70 bits per heavy atom. The third-order valence-corrected chi connectivity index (χ3v) is 6.24. The Morgan fingerprint density at radius 2 is 1.97 bits per heavy atom. The number of fused-ring (bicyclic) bond motifs is 2. The summed E-state index contributed by atoms with van der Waals surface area (Å²) in [5, 5.41) is 8.81. The van der Waals surface area contributed by atoms with Gasteiger partial charge in [-0.1, -0.05) is 0 Å². The Bertz CT molecular complexity index is 1100. The van der Waals surface area contributed by atoms with E-state index in [0.29, 0.717) is 11.3 Å². The minimum Gasteiger partial charge on any atom is -0.383 e. The van der Waals surface area contributed by atoms with E-state index >= 15 is 0 Å². The standard InChI is InChI=1S/C20H22F3N7/c1-28-10-13(8-26-28)11-29-4-2-19(12-29)3-5-30-17(19)7-16(27-30)14-6-15(20(21,22)23)18(24)25-9-14/h6-10H,2-5,11-12H2,1H3,(H2,24,25). The summed E-state index contributed by atoms with van der Waals surface area (Å²) in [5.41, 5.74) is 7.60. The van der Waals surface area contributed by atoms with Crippen LogP contribution >= 0.6 is 0 Å². The zero-order valence-electron chi connectivity index (χ0n) is 16.5. The minimum absolute atomic E-state index is 0.0123. The molecule has 10 heteroatoms.